The maximum absolute atomic E-state index is 11.5. The fourth-order valence-corrected chi connectivity index (χ4v) is 1.15. The average molecular weight is 265 g/mol. The SMILES string of the molecule is C=C(C)\C(O)=C/C=C(C)/C(O)=C(/C(C)=N)C(=O)OC. The number of ether oxygens (including phenoxy) is 1. The smallest absolute Gasteiger partial charge is 0.343 e. The molecule has 0 saturated carbocycles. The highest BCUT2D eigenvalue weighted by Crippen LogP contribution is 2.15. The number of aliphatic hydroxyl groups is 2. The Morgan fingerprint density at radius 1 is 1.21 bits per heavy atom. The van der Waals surface area contributed by atoms with Gasteiger partial charge in [0.2, 0.25) is 0 Å². The number of carbonyl (C=O) groups excluding carboxylic acids is 1. The van der Waals surface area contributed by atoms with Crippen molar-refractivity contribution in [3.05, 3.63) is 47.0 Å². The van der Waals surface area contributed by atoms with Crippen molar-refractivity contribution in [2.75, 3.05) is 7.11 Å². The van der Waals surface area contributed by atoms with E-state index in [4.69, 9.17) is 5.41 Å². The molecule has 0 aromatic rings. The van der Waals surface area contributed by atoms with Crippen LogP contribution in [0, 0.1) is 5.41 Å². The van der Waals surface area contributed by atoms with Gasteiger partial charge in [0.1, 0.15) is 17.1 Å². The highest BCUT2D eigenvalue weighted by Gasteiger charge is 2.18. The third kappa shape index (κ3) is 4.83. The number of hydrogen-bond acceptors (Lipinski definition) is 5. The molecule has 0 atom stereocenters. The molecular weight excluding hydrogens is 246 g/mol. The van der Waals surface area contributed by atoms with Crippen molar-refractivity contribution >= 4 is 11.7 Å². The van der Waals surface area contributed by atoms with Crippen LogP contribution in [-0.4, -0.2) is 29.0 Å². The molecule has 0 bridgehead atoms. The minimum absolute atomic E-state index is 0.0293. The third-order valence-electron chi connectivity index (χ3n) is 2.30. The van der Waals surface area contributed by atoms with Crippen LogP contribution >= 0.6 is 0 Å². The Balaban J connectivity index is 5.58. The minimum Gasteiger partial charge on any atom is -0.508 e. The average Bonchev–Trinajstić information content (AvgIpc) is 2.34. The van der Waals surface area contributed by atoms with Gasteiger partial charge in [0.15, 0.2) is 0 Å². The van der Waals surface area contributed by atoms with Crippen LogP contribution in [-0.2, 0) is 9.53 Å². The number of hydrogen-bond donors (Lipinski definition) is 3. The van der Waals surface area contributed by atoms with Gasteiger partial charge in [0.25, 0.3) is 0 Å². The van der Waals surface area contributed by atoms with E-state index in [-0.39, 0.29) is 22.8 Å². The molecule has 19 heavy (non-hydrogen) atoms. The molecule has 0 saturated heterocycles. The maximum Gasteiger partial charge on any atom is 0.343 e. The van der Waals surface area contributed by atoms with Gasteiger partial charge in [0, 0.05) is 5.71 Å². The zero-order chi connectivity index (χ0) is 15.2. The number of carbonyl (C=O) groups is 1. The van der Waals surface area contributed by atoms with Crippen LogP contribution in [0.15, 0.2) is 47.0 Å². The van der Waals surface area contributed by atoms with E-state index in [2.05, 4.69) is 11.3 Å². The first-order valence-electron chi connectivity index (χ1n) is 5.53. The molecule has 0 aliphatic rings. The Morgan fingerprint density at radius 2 is 1.74 bits per heavy atom. The van der Waals surface area contributed by atoms with E-state index in [9.17, 15) is 15.0 Å². The van der Waals surface area contributed by atoms with Crippen LogP contribution in [0.3, 0.4) is 0 Å². The van der Waals surface area contributed by atoms with Crippen LogP contribution in [0.5, 0.6) is 0 Å². The Kier molecular flexibility index (Phi) is 6.33. The van der Waals surface area contributed by atoms with Crippen molar-refractivity contribution in [2.24, 2.45) is 0 Å². The lowest BCUT2D eigenvalue weighted by Crippen LogP contribution is -2.14. The van der Waals surface area contributed by atoms with Gasteiger partial charge in [-0.25, -0.2) is 4.79 Å². The summed E-state index contributed by atoms with van der Waals surface area (Å²) in [6.07, 6.45) is 2.77. The van der Waals surface area contributed by atoms with Gasteiger partial charge >= 0.3 is 5.97 Å². The largest absolute Gasteiger partial charge is 0.508 e. The second-order valence-corrected chi connectivity index (χ2v) is 4.02. The fourth-order valence-electron chi connectivity index (χ4n) is 1.15. The summed E-state index contributed by atoms with van der Waals surface area (Å²) < 4.78 is 4.51. The number of methoxy groups -OCH3 is 1. The molecule has 0 spiro atoms. The molecule has 0 aromatic heterocycles. The molecule has 3 N–H and O–H groups in total. The maximum atomic E-state index is 11.5. The van der Waals surface area contributed by atoms with Crippen molar-refractivity contribution in [3.63, 3.8) is 0 Å². The van der Waals surface area contributed by atoms with Crippen LogP contribution in [0.1, 0.15) is 20.8 Å². The molecule has 0 aliphatic heterocycles. The molecule has 0 heterocycles. The zero-order valence-corrected chi connectivity index (χ0v) is 11.6. The van der Waals surface area contributed by atoms with E-state index in [0.717, 1.165) is 0 Å². The summed E-state index contributed by atoms with van der Waals surface area (Å²) in [5.74, 6) is -1.17. The zero-order valence-electron chi connectivity index (χ0n) is 11.6. The number of allylic oxidation sites excluding steroid dienone is 4. The van der Waals surface area contributed by atoms with Crippen LogP contribution in [0.25, 0.3) is 0 Å². The predicted molar refractivity (Wildman–Crippen MR) is 74.4 cm³/mol. The van der Waals surface area contributed by atoms with Gasteiger partial charge in [-0.15, -0.1) is 0 Å². The molecule has 0 aromatic carbocycles. The predicted octanol–water partition coefficient (Wildman–Crippen LogP) is 2.98. The number of rotatable bonds is 5. The standard InChI is InChI=1S/C14H19NO4/c1-8(2)11(16)7-6-9(3)13(17)12(10(4)15)14(18)19-5/h6-7,15-17H,1H2,2-5H3/b9-6+,11-7+,13-12+,15-10?. The third-order valence-corrected chi connectivity index (χ3v) is 2.30. The van der Waals surface area contributed by atoms with E-state index in [1.54, 1.807) is 13.8 Å². The quantitative estimate of drug-likeness (QED) is 0.234. The van der Waals surface area contributed by atoms with E-state index >= 15 is 0 Å². The Bertz CT molecular complexity index is 496. The molecule has 0 unspecified atom stereocenters. The highest BCUT2D eigenvalue weighted by atomic mass is 16.5. The highest BCUT2D eigenvalue weighted by molar-refractivity contribution is 6.18. The van der Waals surface area contributed by atoms with Crippen LogP contribution in [0.2, 0.25) is 0 Å². The fraction of sp³-hybridized carbons (Fsp3) is 0.286. The topological polar surface area (TPSA) is 90.6 Å². The van der Waals surface area contributed by atoms with Gasteiger partial charge in [-0.2, -0.15) is 0 Å². The van der Waals surface area contributed by atoms with Crippen molar-refractivity contribution in [1.29, 1.82) is 5.41 Å². The van der Waals surface area contributed by atoms with E-state index < -0.39 is 5.97 Å². The summed E-state index contributed by atoms with van der Waals surface area (Å²) in [6, 6.07) is 0. The van der Waals surface area contributed by atoms with E-state index in [1.807, 2.05) is 0 Å². The number of nitrogens with one attached hydrogen (secondary N) is 1. The summed E-state index contributed by atoms with van der Waals surface area (Å²) in [5.41, 5.74) is 0.480. The Morgan fingerprint density at radius 3 is 2.11 bits per heavy atom. The van der Waals surface area contributed by atoms with Gasteiger partial charge in [-0.05, 0) is 38.0 Å². The molecule has 0 fully saturated rings. The summed E-state index contributed by atoms with van der Waals surface area (Å²) in [4.78, 5) is 11.5. The normalized spacial score (nSPS) is 13.7. The summed E-state index contributed by atoms with van der Waals surface area (Å²) in [6.45, 7) is 8.10. The van der Waals surface area contributed by atoms with Crippen molar-refractivity contribution < 1.29 is 19.7 Å². The number of aliphatic hydroxyl groups excluding tert-OH is 2. The van der Waals surface area contributed by atoms with Crippen molar-refractivity contribution in [3.8, 4) is 0 Å². The molecule has 0 amide bonds. The molecule has 0 rings (SSSR count). The molecule has 0 aliphatic carbocycles. The van der Waals surface area contributed by atoms with E-state index in [1.165, 1.54) is 26.2 Å². The van der Waals surface area contributed by atoms with E-state index in [0.29, 0.717) is 11.1 Å². The van der Waals surface area contributed by atoms with Crippen LogP contribution < -0.4 is 0 Å². The molecule has 5 nitrogen and oxygen atoms in total. The first kappa shape index (κ1) is 16.7. The van der Waals surface area contributed by atoms with Crippen molar-refractivity contribution in [2.45, 2.75) is 20.8 Å². The molecule has 0 radical (unpaired) electrons. The Hall–Kier alpha value is -2.30. The Labute approximate surface area is 112 Å². The monoisotopic (exact) mass is 265 g/mol. The molecule has 5 heteroatoms. The lowest BCUT2D eigenvalue weighted by atomic mass is 10.1. The summed E-state index contributed by atoms with van der Waals surface area (Å²) in [7, 11) is 1.17. The lowest BCUT2D eigenvalue weighted by molar-refractivity contribution is -0.135. The summed E-state index contributed by atoms with van der Waals surface area (Å²) in [5, 5.41) is 26.9. The molecular formula is C14H19NO4. The number of esters is 1. The first-order chi connectivity index (χ1) is 8.72. The first-order valence-corrected chi connectivity index (χ1v) is 5.53. The van der Waals surface area contributed by atoms with Crippen molar-refractivity contribution in [1.82, 2.24) is 0 Å². The van der Waals surface area contributed by atoms with Crippen LogP contribution in [0.4, 0.5) is 0 Å². The van der Waals surface area contributed by atoms with Gasteiger partial charge in [-0.3, -0.25) is 0 Å². The lowest BCUT2D eigenvalue weighted by Gasteiger charge is -2.07. The second kappa shape index (κ2) is 7.20. The molecule has 104 valence electrons. The van der Waals surface area contributed by atoms with Gasteiger partial charge in [-0.1, -0.05) is 12.7 Å². The summed E-state index contributed by atoms with van der Waals surface area (Å²) >= 11 is 0. The minimum atomic E-state index is -0.786. The van der Waals surface area contributed by atoms with Gasteiger partial charge in [0.05, 0.1) is 7.11 Å². The second-order valence-electron chi connectivity index (χ2n) is 4.02. The van der Waals surface area contributed by atoms with Gasteiger partial charge < -0.3 is 20.4 Å².